The van der Waals surface area contributed by atoms with Gasteiger partial charge in [-0.2, -0.15) is 0 Å². The zero-order valence-corrected chi connectivity index (χ0v) is 14.9. The number of ether oxygens (including phenoxy) is 1. The molecular weight excluding hydrogens is 328 g/mol. The fourth-order valence-corrected chi connectivity index (χ4v) is 6.03. The van der Waals surface area contributed by atoms with Crippen LogP contribution in [0.1, 0.15) is 41.9 Å². The number of carbonyl (C=O) groups excluding carboxylic acids is 2. The predicted molar refractivity (Wildman–Crippen MR) is 94.7 cm³/mol. The van der Waals surface area contributed by atoms with Crippen molar-refractivity contribution in [1.82, 2.24) is 10.2 Å². The van der Waals surface area contributed by atoms with Crippen LogP contribution < -0.4 is 5.32 Å². The second-order valence-electron chi connectivity index (χ2n) is 9.07. The first kappa shape index (κ1) is 15.1. The maximum atomic E-state index is 12.8. The molecule has 1 aromatic carbocycles. The van der Waals surface area contributed by atoms with Crippen molar-refractivity contribution in [3.63, 3.8) is 0 Å². The molecule has 0 radical (unpaired) electrons. The van der Waals surface area contributed by atoms with Gasteiger partial charge >= 0.3 is 6.09 Å². The molecule has 4 fully saturated rings. The number of hydrogen-bond donors (Lipinski definition) is 1. The van der Waals surface area contributed by atoms with Gasteiger partial charge in [-0.15, -0.1) is 0 Å². The summed E-state index contributed by atoms with van der Waals surface area (Å²) >= 11 is 0. The molecule has 2 saturated heterocycles. The summed E-state index contributed by atoms with van der Waals surface area (Å²) in [7, 11) is 0. The molecule has 0 bridgehead atoms. The lowest BCUT2D eigenvalue weighted by atomic mass is 9.68. The highest BCUT2D eigenvalue weighted by Crippen LogP contribution is 2.59. The van der Waals surface area contributed by atoms with E-state index >= 15 is 0 Å². The molecule has 26 heavy (non-hydrogen) atoms. The average molecular weight is 352 g/mol. The summed E-state index contributed by atoms with van der Waals surface area (Å²) in [6.45, 7) is 2.25. The summed E-state index contributed by atoms with van der Waals surface area (Å²) < 4.78 is 5.01. The maximum Gasteiger partial charge on any atom is 0.407 e. The van der Waals surface area contributed by atoms with Gasteiger partial charge in [-0.05, 0) is 66.5 Å². The lowest BCUT2D eigenvalue weighted by Crippen LogP contribution is -2.58. The summed E-state index contributed by atoms with van der Waals surface area (Å²) in [6.07, 6.45) is 4.90. The van der Waals surface area contributed by atoms with Crippen molar-refractivity contribution >= 4 is 12.0 Å². The second-order valence-corrected chi connectivity index (χ2v) is 9.07. The summed E-state index contributed by atoms with van der Waals surface area (Å²) in [5, 5.41) is 2.88. The Hall–Kier alpha value is -2.04. The molecule has 3 atom stereocenters. The molecule has 0 aromatic heterocycles. The third-order valence-corrected chi connectivity index (χ3v) is 7.48. The van der Waals surface area contributed by atoms with E-state index in [1.165, 1.54) is 24.8 Å². The molecule has 1 aromatic rings. The van der Waals surface area contributed by atoms with E-state index in [0.29, 0.717) is 24.4 Å². The molecule has 6 rings (SSSR count). The third-order valence-electron chi connectivity index (χ3n) is 7.48. The van der Waals surface area contributed by atoms with Gasteiger partial charge in [0.15, 0.2) is 0 Å². The molecule has 2 aliphatic heterocycles. The van der Waals surface area contributed by atoms with Crippen LogP contribution in [0.4, 0.5) is 4.79 Å². The van der Waals surface area contributed by atoms with Crippen LogP contribution in [-0.2, 0) is 22.4 Å². The number of likely N-dealkylation sites (tertiary alicyclic amines) is 1. The Kier molecular flexibility index (Phi) is 2.91. The van der Waals surface area contributed by atoms with Crippen LogP contribution >= 0.6 is 0 Å². The Bertz CT molecular complexity index is 801. The SMILES string of the molecule is O=C1N[C@]2(CO1)C[C@H](C(=O)N1C[C@@H]3[C@H](C1)[C@H]3c1ccc3c(c1)CCC3)C2. The molecule has 5 nitrogen and oxygen atoms in total. The minimum absolute atomic E-state index is 0.0629. The zero-order chi connectivity index (χ0) is 17.5. The fourth-order valence-electron chi connectivity index (χ4n) is 6.03. The van der Waals surface area contributed by atoms with Gasteiger partial charge in [-0.25, -0.2) is 4.79 Å². The normalized spacial score (nSPS) is 39.2. The van der Waals surface area contributed by atoms with Crippen molar-refractivity contribution in [3.05, 3.63) is 34.9 Å². The topological polar surface area (TPSA) is 58.6 Å². The highest BCUT2D eigenvalue weighted by Gasteiger charge is 2.59. The number of carbonyl (C=O) groups is 2. The molecule has 2 saturated carbocycles. The van der Waals surface area contributed by atoms with Crippen LogP contribution in [0.3, 0.4) is 0 Å². The van der Waals surface area contributed by atoms with Crippen molar-refractivity contribution in [2.45, 2.75) is 43.6 Å². The highest BCUT2D eigenvalue weighted by molar-refractivity contribution is 5.82. The minimum atomic E-state index is -0.337. The fraction of sp³-hybridized carbons (Fsp3) is 0.619. The van der Waals surface area contributed by atoms with Crippen molar-refractivity contribution < 1.29 is 14.3 Å². The molecule has 136 valence electrons. The lowest BCUT2D eigenvalue weighted by molar-refractivity contribution is -0.140. The van der Waals surface area contributed by atoms with Crippen LogP contribution in [-0.4, -0.2) is 42.1 Å². The van der Waals surface area contributed by atoms with E-state index in [2.05, 4.69) is 28.4 Å². The second kappa shape index (κ2) is 5.02. The monoisotopic (exact) mass is 352 g/mol. The number of rotatable bonds is 2. The van der Waals surface area contributed by atoms with Crippen LogP contribution in [0.5, 0.6) is 0 Å². The molecule has 5 aliphatic rings. The summed E-state index contributed by atoms with van der Waals surface area (Å²) in [6, 6.07) is 7.11. The number of alkyl carbamates (subject to hydrolysis) is 1. The van der Waals surface area contributed by atoms with E-state index in [-0.39, 0.29) is 23.5 Å². The molecule has 1 spiro atoms. The standard InChI is InChI=1S/C21H24N2O3/c24-19(15-7-21(8-15)11-26-20(25)22-21)23-9-16-17(10-23)18(16)14-5-4-12-2-1-3-13(12)6-14/h4-6,15-18H,1-3,7-11H2,(H,22,25)/t15-,16-,17+,18+,21+. The Labute approximate surface area is 153 Å². The van der Waals surface area contributed by atoms with E-state index in [0.717, 1.165) is 25.9 Å². The van der Waals surface area contributed by atoms with Crippen molar-refractivity contribution in [1.29, 1.82) is 0 Å². The molecule has 0 unspecified atom stereocenters. The van der Waals surface area contributed by atoms with E-state index in [4.69, 9.17) is 4.74 Å². The van der Waals surface area contributed by atoms with Gasteiger partial charge in [0.25, 0.3) is 0 Å². The van der Waals surface area contributed by atoms with Gasteiger partial charge in [-0.3, -0.25) is 4.79 Å². The first-order chi connectivity index (χ1) is 12.6. The van der Waals surface area contributed by atoms with Crippen LogP contribution in [0.15, 0.2) is 18.2 Å². The number of nitrogens with one attached hydrogen (secondary N) is 1. The number of cyclic esters (lactones) is 1. The number of aryl methyl sites for hydroxylation is 2. The van der Waals surface area contributed by atoms with Gasteiger partial charge < -0.3 is 15.0 Å². The summed E-state index contributed by atoms with van der Waals surface area (Å²) in [5.41, 5.74) is 4.34. The van der Waals surface area contributed by atoms with Crippen molar-refractivity contribution in [2.24, 2.45) is 17.8 Å². The quantitative estimate of drug-likeness (QED) is 0.888. The van der Waals surface area contributed by atoms with E-state index in [9.17, 15) is 9.59 Å². The predicted octanol–water partition coefficient (Wildman–Crippen LogP) is 2.24. The number of amides is 2. The Morgan fingerprint density at radius 3 is 2.65 bits per heavy atom. The van der Waals surface area contributed by atoms with Crippen molar-refractivity contribution in [2.75, 3.05) is 19.7 Å². The lowest BCUT2D eigenvalue weighted by Gasteiger charge is -2.43. The van der Waals surface area contributed by atoms with Crippen LogP contribution in [0.25, 0.3) is 0 Å². The number of piperidine rings is 1. The van der Waals surface area contributed by atoms with Gasteiger partial charge in [-0.1, -0.05) is 18.2 Å². The molecular formula is C21H24N2O3. The van der Waals surface area contributed by atoms with Crippen molar-refractivity contribution in [3.8, 4) is 0 Å². The van der Waals surface area contributed by atoms with E-state index in [1.807, 2.05) is 0 Å². The first-order valence-electron chi connectivity index (χ1n) is 9.97. The number of benzene rings is 1. The Morgan fingerprint density at radius 1 is 1.15 bits per heavy atom. The Balaban J connectivity index is 1.07. The summed E-state index contributed by atoms with van der Waals surface area (Å²) in [4.78, 5) is 26.1. The zero-order valence-electron chi connectivity index (χ0n) is 14.9. The van der Waals surface area contributed by atoms with Gasteiger partial charge in [0.2, 0.25) is 5.91 Å². The minimum Gasteiger partial charge on any atom is -0.447 e. The van der Waals surface area contributed by atoms with E-state index in [1.54, 1.807) is 11.1 Å². The van der Waals surface area contributed by atoms with Crippen LogP contribution in [0, 0.1) is 17.8 Å². The largest absolute Gasteiger partial charge is 0.447 e. The number of fused-ring (bicyclic) bond motifs is 2. The van der Waals surface area contributed by atoms with Gasteiger partial charge in [0, 0.05) is 19.0 Å². The smallest absolute Gasteiger partial charge is 0.407 e. The van der Waals surface area contributed by atoms with E-state index < -0.39 is 0 Å². The molecule has 2 heterocycles. The third kappa shape index (κ3) is 2.09. The number of nitrogens with zero attached hydrogens (tertiary/aromatic N) is 1. The van der Waals surface area contributed by atoms with Crippen LogP contribution in [0.2, 0.25) is 0 Å². The molecule has 1 N–H and O–H groups in total. The summed E-state index contributed by atoms with van der Waals surface area (Å²) in [5.74, 6) is 2.33. The highest BCUT2D eigenvalue weighted by atomic mass is 16.6. The average Bonchev–Trinajstić information content (AvgIpc) is 3.06. The molecule has 2 amide bonds. The van der Waals surface area contributed by atoms with Gasteiger partial charge in [0.1, 0.15) is 6.61 Å². The molecule has 3 aliphatic carbocycles. The Morgan fingerprint density at radius 2 is 1.92 bits per heavy atom. The molecule has 5 heteroatoms. The maximum absolute atomic E-state index is 12.8. The first-order valence-corrected chi connectivity index (χ1v) is 9.97. The van der Waals surface area contributed by atoms with Gasteiger partial charge in [0.05, 0.1) is 5.54 Å². The number of hydrogen-bond acceptors (Lipinski definition) is 3.